The molecular formula is C18H28ClN7O2. The van der Waals surface area contributed by atoms with E-state index in [1.807, 2.05) is 6.92 Å². The minimum absolute atomic E-state index is 0. The first-order valence-corrected chi connectivity index (χ1v) is 9.97. The van der Waals surface area contributed by atoms with Gasteiger partial charge in [0.2, 0.25) is 5.89 Å². The molecule has 0 radical (unpaired) electrons. The summed E-state index contributed by atoms with van der Waals surface area (Å²) in [6.45, 7) is 3.76. The lowest BCUT2D eigenvalue weighted by Crippen LogP contribution is -2.29. The van der Waals surface area contributed by atoms with Crippen molar-refractivity contribution >= 4 is 18.3 Å². The Morgan fingerprint density at radius 2 is 2.00 bits per heavy atom. The van der Waals surface area contributed by atoms with Gasteiger partial charge in [-0.1, -0.05) is 29.6 Å². The molecule has 1 unspecified atom stereocenters. The van der Waals surface area contributed by atoms with Crippen molar-refractivity contribution in [2.45, 2.75) is 69.9 Å². The van der Waals surface area contributed by atoms with Crippen LogP contribution >= 0.6 is 12.4 Å². The van der Waals surface area contributed by atoms with E-state index in [9.17, 15) is 4.79 Å². The van der Waals surface area contributed by atoms with E-state index < -0.39 is 0 Å². The molecule has 0 aromatic carbocycles. The van der Waals surface area contributed by atoms with Crippen molar-refractivity contribution in [1.29, 1.82) is 0 Å². The molecule has 9 nitrogen and oxygen atoms in total. The lowest BCUT2D eigenvalue weighted by Gasteiger charge is -2.22. The first-order chi connectivity index (χ1) is 13.2. The molecule has 2 aliphatic rings. The van der Waals surface area contributed by atoms with E-state index in [1.165, 1.54) is 19.3 Å². The molecule has 0 bridgehead atoms. The van der Waals surface area contributed by atoms with Crippen molar-refractivity contribution in [3.63, 3.8) is 0 Å². The summed E-state index contributed by atoms with van der Waals surface area (Å²) in [4.78, 5) is 17.0. The van der Waals surface area contributed by atoms with Gasteiger partial charge in [-0.2, -0.15) is 4.98 Å². The molecule has 2 fully saturated rings. The van der Waals surface area contributed by atoms with Crippen LogP contribution in [0.5, 0.6) is 0 Å². The molecule has 1 aliphatic heterocycles. The lowest BCUT2D eigenvalue weighted by atomic mass is 9.89. The Kier molecular flexibility index (Phi) is 7.01. The number of nitrogens with zero attached hydrogens (tertiary/aromatic N) is 5. The highest BCUT2D eigenvalue weighted by atomic mass is 35.5. The number of hydrogen-bond donors (Lipinski definition) is 2. The second-order valence-electron chi connectivity index (χ2n) is 7.59. The maximum atomic E-state index is 12.5. The molecule has 1 saturated carbocycles. The van der Waals surface area contributed by atoms with Crippen LogP contribution in [-0.4, -0.2) is 44.1 Å². The monoisotopic (exact) mass is 409 g/mol. The lowest BCUT2D eigenvalue weighted by molar-refractivity contribution is 0.0927. The fraction of sp³-hybridized carbons (Fsp3) is 0.722. The summed E-state index contributed by atoms with van der Waals surface area (Å²) in [5, 5.41) is 18.5. The third kappa shape index (κ3) is 4.70. The predicted octanol–water partition coefficient (Wildman–Crippen LogP) is 2.55. The van der Waals surface area contributed by atoms with Crippen LogP contribution < -0.4 is 10.6 Å². The Morgan fingerprint density at radius 3 is 2.75 bits per heavy atom. The molecule has 0 spiro atoms. The number of amides is 1. The number of piperidine rings is 1. The molecular weight excluding hydrogens is 382 g/mol. The summed E-state index contributed by atoms with van der Waals surface area (Å²) in [6, 6.07) is -0.0712. The summed E-state index contributed by atoms with van der Waals surface area (Å²) < 4.78 is 7.19. The van der Waals surface area contributed by atoms with Crippen molar-refractivity contribution in [1.82, 2.24) is 35.8 Å². The Balaban J connectivity index is 0.00000225. The number of carbonyl (C=O) groups is 1. The molecule has 2 aromatic rings. The van der Waals surface area contributed by atoms with Crippen LogP contribution in [0.4, 0.5) is 0 Å². The zero-order valence-electron chi connectivity index (χ0n) is 16.1. The van der Waals surface area contributed by atoms with Gasteiger partial charge < -0.3 is 15.2 Å². The first kappa shape index (κ1) is 20.7. The Labute approximate surface area is 170 Å². The third-order valence-electron chi connectivity index (χ3n) is 5.57. The van der Waals surface area contributed by atoms with Crippen molar-refractivity contribution in [2.75, 3.05) is 13.1 Å². The number of carbonyl (C=O) groups excluding carboxylic acids is 1. The molecule has 1 amide bonds. The van der Waals surface area contributed by atoms with Gasteiger partial charge in [0.25, 0.3) is 5.91 Å². The minimum atomic E-state index is -0.369. The van der Waals surface area contributed by atoms with Gasteiger partial charge in [0, 0.05) is 5.92 Å². The van der Waals surface area contributed by atoms with Gasteiger partial charge in [-0.3, -0.25) is 4.79 Å². The average molecular weight is 410 g/mol. The summed E-state index contributed by atoms with van der Waals surface area (Å²) >= 11 is 0. The van der Waals surface area contributed by atoms with Gasteiger partial charge in [0.1, 0.15) is 6.04 Å². The Morgan fingerprint density at radius 1 is 1.25 bits per heavy atom. The predicted molar refractivity (Wildman–Crippen MR) is 104 cm³/mol. The summed E-state index contributed by atoms with van der Waals surface area (Å²) in [5.74, 6) is 1.31. The number of hydrogen-bond acceptors (Lipinski definition) is 7. The van der Waals surface area contributed by atoms with Crippen molar-refractivity contribution in [3.8, 4) is 0 Å². The van der Waals surface area contributed by atoms with Gasteiger partial charge in [0.15, 0.2) is 11.5 Å². The minimum Gasteiger partial charge on any atom is -0.339 e. The molecule has 4 rings (SSSR count). The van der Waals surface area contributed by atoms with Gasteiger partial charge in [-0.05, 0) is 45.7 Å². The zero-order chi connectivity index (χ0) is 18.6. The van der Waals surface area contributed by atoms with Gasteiger partial charge >= 0.3 is 0 Å². The van der Waals surface area contributed by atoms with E-state index in [1.54, 1.807) is 10.9 Å². The second-order valence-corrected chi connectivity index (χ2v) is 7.59. The normalized spacial score (nSPS) is 19.8. The highest BCUT2D eigenvalue weighted by Gasteiger charge is 2.25. The molecule has 2 N–H and O–H groups in total. The van der Waals surface area contributed by atoms with Crippen molar-refractivity contribution in [3.05, 3.63) is 23.6 Å². The largest absolute Gasteiger partial charge is 0.339 e. The van der Waals surface area contributed by atoms with Gasteiger partial charge in [0.05, 0.1) is 12.2 Å². The maximum absolute atomic E-state index is 12.5. The standard InChI is InChI=1S/C18H27N7O2.ClH/c1-12(18-21-16(23-27-18)13-5-3-2-4-6-13)20-17(26)15-11-25(24-22-15)14-7-9-19-10-8-14;/h11-14,19H,2-10H2,1H3,(H,20,26);1H. The highest BCUT2D eigenvalue weighted by Crippen LogP contribution is 2.31. The molecule has 1 saturated heterocycles. The first-order valence-electron chi connectivity index (χ1n) is 9.97. The van der Waals surface area contributed by atoms with Gasteiger partial charge in [-0.15, -0.1) is 17.5 Å². The van der Waals surface area contributed by atoms with Crippen LogP contribution in [-0.2, 0) is 0 Å². The van der Waals surface area contributed by atoms with Crippen LogP contribution in [0.25, 0.3) is 0 Å². The molecule has 3 heterocycles. The summed E-state index contributed by atoms with van der Waals surface area (Å²) in [6.07, 6.45) is 9.64. The topological polar surface area (TPSA) is 111 Å². The fourth-order valence-electron chi connectivity index (χ4n) is 3.91. The van der Waals surface area contributed by atoms with Crippen LogP contribution in [0.2, 0.25) is 0 Å². The second kappa shape index (κ2) is 9.47. The molecule has 1 aliphatic carbocycles. The number of nitrogens with one attached hydrogen (secondary N) is 2. The Hall–Kier alpha value is -2.00. The average Bonchev–Trinajstić information content (AvgIpc) is 3.39. The number of aromatic nitrogens is 5. The number of rotatable bonds is 5. The van der Waals surface area contributed by atoms with E-state index >= 15 is 0 Å². The van der Waals surface area contributed by atoms with E-state index in [0.29, 0.717) is 23.5 Å². The van der Waals surface area contributed by atoms with Gasteiger partial charge in [-0.25, -0.2) is 4.68 Å². The molecule has 154 valence electrons. The van der Waals surface area contributed by atoms with E-state index in [2.05, 4.69) is 31.1 Å². The smallest absolute Gasteiger partial charge is 0.274 e. The maximum Gasteiger partial charge on any atom is 0.274 e. The SMILES string of the molecule is CC(NC(=O)c1cn(C2CCNCC2)nn1)c1nc(C2CCCCC2)no1.Cl. The summed E-state index contributed by atoms with van der Waals surface area (Å²) in [5.41, 5.74) is 0.312. The summed E-state index contributed by atoms with van der Waals surface area (Å²) in [7, 11) is 0. The molecule has 10 heteroatoms. The van der Waals surface area contributed by atoms with Crippen molar-refractivity contribution < 1.29 is 9.32 Å². The van der Waals surface area contributed by atoms with Crippen molar-refractivity contribution in [2.24, 2.45) is 0 Å². The van der Waals surface area contributed by atoms with Crippen LogP contribution in [0.3, 0.4) is 0 Å². The Bertz CT molecular complexity index is 766. The highest BCUT2D eigenvalue weighted by molar-refractivity contribution is 5.92. The quantitative estimate of drug-likeness (QED) is 0.780. The van der Waals surface area contributed by atoms with E-state index in [4.69, 9.17) is 4.52 Å². The van der Waals surface area contributed by atoms with E-state index in [0.717, 1.165) is 44.6 Å². The van der Waals surface area contributed by atoms with Crippen LogP contribution in [0.1, 0.15) is 92.1 Å². The van der Waals surface area contributed by atoms with Crippen LogP contribution in [0, 0.1) is 0 Å². The molecule has 28 heavy (non-hydrogen) atoms. The van der Waals surface area contributed by atoms with Crippen LogP contribution in [0.15, 0.2) is 10.7 Å². The number of halogens is 1. The third-order valence-corrected chi connectivity index (χ3v) is 5.57. The zero-order valence-corrected chi connectivity index (χ0v) is 17.0. The fourth-order valence-corrected chi connectivity index (χ4v) is 3.91. The molecule has 1 atom stereocenters. The van der Waals surface area contributed by atoms with E-state index in [-0.39, 0.29) is 24.4 Å². The molecule has 2 aromatic heterocycles.